The van der Waals surface area contributed by atoms with Crippen LogP contribution >= 0.6 is 0 Å². The number of halogens is 5. The average Bonchev–Trinajstić information content (AvgIpc) is 2.36. The molecule has 1 aromatic carbocycles. The Kier molecular flexibility index (Phi) is 5.04. The van der Waals surface area contributed by atoms with E-state index in [1.807, 2.05) is 5.32 Å². The second kappa shape index (κ2) is 6.17. The molecule has 0 saturated heterocycles. The smallest absolute Gasteiger partial charge is 0.390 e. The van der Waals surface area contributed by atoms with E-state index in [1.54, 1.807) is 0 Å². The Morgan fingerprint density at radius 1 is 1.10 bits per heavy atom. The van der Waals surface area contributed by atoms with Crippen LogP contribution in [0.4, 0.5) is 22.0 Å². The van der Waals surface area contributed by atoms with Crippen LogP contribution in [0.5, 0.6) is 0 Å². The van der Waals surface area contributed by atoms with Crippen molar-refractivity contribution >= 4 is 5.91 Å². The normalized spacial score (nSPS) is 12.3. The summed E-state index contributed by atoms with van der Waals surface area (Å²) in [4.78, 5) is 11.3. The molecule has 112 valence electrons. The first-order chi connectivity index (χ1) is 9.14. The molecule has 8 heteroatoms. The van der Waals surface area contributed by atoms with Crippen LogP contribution < -0.4 is 5.32 Å². The summed E-state index contributed by atoms with van der Waals surface area (Å²) in [6.07, 6.45) is -4.79. The van der Waals surface area contributed by atoms with Gasteiger partial charge in [-0.2, -0.15) is 13.2 Å². The highest BCUT2D eigenvalue weighted by Gasteiger charge is 2.30. The Balaban J connectivity index is 2.55. The average molecular weight is 297 g/mol. The summed E-state index contributed by atoms with van der Waals surface area (Å²) in [5.74, 6) is -4.19. The fourth-order valence-corrected chi connectivity index (χ4v) is 1.34. The van der Waals surface area contributed by atoms with Crippen LogP contribution in [0.25, 0.3) is 0 Å². The minimum Gasteiger partial charge on any atom is -0.390 e. The zero-order valence-corrected chi connectivity index (χ0v) is 10.2. The molecule has 0 heterocycles. The van der Waals surface area contributed by atoms with Crippen LogP contribution in [0, 0.1) is 0 Å². The fraction of sp³-hybridized carbons (Fsp3) is 0.417. The van der Waals surface area contributed by atoms with Gasteiger partial charge in [0.1, 0.15) is 6.61 Å². The van der Waals surface area contributed by atoms with Crippen LogP contribution in [0.3, 0.4) is 0 Å². The molecule has 0 aliphatic carbocycles. The molecule has 0 atom stereocenters. The van der Waals surface area contributed by atoms with Crippen molar-refractivity contribution in [2.45, 2.75) is 18.5 Å². The van der Waals surface area contributed by atoms with Gasteiger partial charge in [-0.1, -0.05) is 12.1 Å². The molecule has 0 bridgehead atoms. The molecule has 0 unspecified atom stereocenters. The molecule has 0 saturated carbocycles. The molecular formula is C12H12F5NO2. The highest BCUT2D eigenvalue weighted by Crippen LogP contribution is 2.29. The zero-order chi connectivity index (χ0) is 15.4. The largest absolute Gasteiger partial charge is 0.416 e. The SMILES string of the molecule is O=C(Cc1ccc(C(F)(F)F)cc1)NCC(F)(F)CO. The van der Waals surface area contributed by atoms with E-state index in [4.69, 9.17) is 5.11 Å². The van der Waals surface area contributed by atoms with Crippen molar-refractivity contribution in [3.05, 3.63) is 35.4 Å². The number of aliphatic hydroxyl groups is 1. The molecule has 0 fully saturated rings. The van der Waals surface area contributed by atoms with Crippen molar-refractivity contribution in [1.82, 2.24) is 5.32 Å². The van der Waals surface area contributed by atoms with Crippen molar-refractivity contribution < 1.29 is 31.9 Å². The van der Waals surface area contributed by atoms with Gasteiger partial charge in [0.2, 0.25) is 5.91 Å². The van der Waals surface area contributed by atoms with Gasteiger partial charge < -0.3 is 10.4 Å². The third-order valence-corrected chi connectivity index (χ3v) is 2.42. The standard InChI is InChI=1S/C12H12F5NO2/c13-11(14,7-19)6-18-10(20)5-8-1-3-9(4-2-8)12(15,16)17/h1-4,19H,5-7H2,(H,18,20). The van der Waals surface area contributed by atoms with Gasteiger partial charge in [-0.25, -0.2) is 8.78 Å². The first kappa shape index (κ1) is 16.4. The molecule has 0 aromatic heterocycles. The first-order valence-corrected chi connectivity index (χ1v) is 5.55. The van der Waals surface area contributed by atoms with Crippen molar-refractivity contribution in [2.24, 2.45) is 0 Å². The van der Waals surface area contributed by atoms with Gasteiger partial charge in [-0.3, -0.25) is 4.79 Å². The Labute approximate surface area is 111 Å². The number of carbonyl (C=O) groups is 1. The van der Waals surface area contributed by atoms with E-state index in [0.29, 0.717) is 0 Å². The molecule has 1 amide bonds. The number of alkyl halides is 5. The van der Waals surface area contributed by atoms with Crippen LogP contribution in [0.2, 0.25) is 0 Å². The predicted octanol–water partition coefficient (Wildman–Crippen LogP) is 1.99. The van der Waals surface area contributed by atoms with Gasteiger partial charge in [0.15, 0.2) is 0 Å². The van der Waals surface area contributed by atoms with E-state index >= 15 is 0 Å². The van der Waals surface area contributed by atoms with E-state index in [0.717, 1.165) is 24.3 Å². The molecular weight excluding hydrogens is 285 g/mol. The summed E-state index contributed by atoms with van der Waals surface area (Å²) in [6, 6.07) is 3.83. The Bertz CT molecular complexity index is 456. The Morgan fingerprint density at radius 2 is 1.65 bits per heavy atom. The number of amides is 1. The monoisotopic (exact) mass is 297 g/mol. The number of carbonyl (C=O) groups excluding carboxylic acids is 1. The molecule has 1 rings (SSSR count). The zero-order valence-electron chi connectivity index (χ0n) is 10.2. The van der Waals surface area contributed by atoms with Gasteiger partial charge in [-0.15, -0.1) is 0 Å². The summed E-state index contributed by atoms with van der Waals surface area (Å²) in [6.45, 7) is -2.42. The lowest BCUT2D eigenvalue weighted by molar-refractivity contribution is -0.137. The summed E-state index contributed by atoms with van der Waals surface area (Å²) >= 11 is 0. The lowest BCUT2D eigenvalue weighted by atomic mass is 10.1. The van der Waals surface area contributed by atoms with Crippen LogP contribution in [0.15, 0.2) is 24.3 Å². The molecule has 20 heavy (non-hydrogen) atoms. The number of nitrogens with one attached hydrogen (secondary N) is 1. The summed E-state index contributed by atoms with van der Waals surface area (Å²) < 4.78 is 62.2. The topological polar surface area (TPSA) is 49.3 Å². The van der Waals surface area contributed by atoms with Crippen molar-refractivity contribution in [2.75, 3.05) is 13.2 Å². The maximum Gasteiger partial charge on any atom is 0.416 e. The van der Waals surface area contributed by atoms with E-state index in [-0.39, 0.29) is 12.0 Å². The third kappa shape index (κ3) is 5.12. The van der Waals surface area contributed by atoms with E-state index < -0.39 is 36.7 Å². The van der Waals surface area contributed by atoms with Crippen LogP contribution in [0.1, 0.15) is 11.1 Å². The molecule has 0 spiro atoms. The van der Waals surface area contributed by atoms with Crippen LogP contribution in [-0.4, -0.2) is 30.1 Å². The van der Waals surface area contributed by atoms with Gasteiger partial charge in [-0.05, 0) is 17.7 Å². The van der Waals surface area contributed by atoms with Crippen LogP contribution in [-0.2, 0) is 17.4 Å². The second-order valence-corrected chi connectivity index (χ2v) is 4.16. The number of aliphatic hydroxyl groups excluding tert-OH is 1. The summed E-state index contributed by atoms with van der Waals surface area (Å²) in [7, 11) is 0. The van der Waals surface area contributed by atoms with Crippen molar-refractivity contribution in [3.8, 4) is 0 Å². The predicted molar refractivity (Wildman–Crippen MR) is 60.2 cm³/mol. The Hall–Kier alpha value is -1.70. The maximum absolute atomic E-state index is 12.6. The molecule has 2 N–H and O–H groups in total. The number of rotatable bonds is 5. The molecule has 1 aromatic rings. The molecule has 0 aliphatic heterocycles. The molecule has 0 radical (unpaired) electrons. The van der Waals surface area contributed by atoms with E-state index in [9.17, 15) is 26.7 Å². The summed E-state index contributed by atoms with van der Waals surface area (Å²) in [5.41, 5.74) is -0.587. The fourth-order valence-electron chi connectivity index (χ4n) is 1.34. The minimum atomic E-state index is -4.47. The Morgan fingerprint density at radius 3 is 2.10 bits per heavy atom. The second-order valence-electron chi connectivity index (χ2n) is 4.16. The van der Waals surface area contributed by atoms with E-state index in [1.165, 1.54) is 0 Å². The van der Waals surface area contributed by atoms with Gasteiger partial charge in [0.25, 0.3) is 5.92 Å². The number of hydrogen-bond acceptors (Lipinski definition) is 2. The lowest BCUT2D eigenvalue weighted by Gasteiger charge is -2.14. The van der Waals surface area contributed by atoms with Crippen molar-refractivity contribution in [3.63, 3.8) is 0 Å². The highest BCUT2D eigenvalue weighted by atomic mass is 19.4. The highest BCUT2D eigenvalue weighted by molar-refractivity contribution is 5.78. The number of hydrogen-bond donors (Lipinski definition) is 2. The minimum absolute atomic E-state index is 0.266. The lowest BCUT2D eigenvalue weighted by Crippen LogP contribution is -2.39. The maximum atomic E-state index is 12.6. The third-order valence-electron chi connectivity index (χ3n) is 2.42. The van der Waals surface area contributed by atoms with Gasteiger partial charge in [0, 0.05) is 0 Å². The van der Waals surface area contributed by atoms with Gasteiger partial charge in [0.05, 0.1) is 18.5 Å². The van der Waals surface area contributed by atoms with Crippen molar-refractivity contribution in [1.29, 1.82) is 0 Å². The molecule has 0 aliphatic rings. The first-order valence-electron chi connectivity index (χ1n) is 5.55. The number of benzene rings is 1. The van der Waals surface area contributed by atoms with Gasteiger partial charge >= 0.3 is 6.18 Å². The van der Waals surface area contributed by atoms with E-state index in [2.05, 4.69) is 0 Å². The molecule has 3 nitrogen and oxygen atoms in total. The summed E-state index contributed by atoms with van der Waals surface area (Å²) in [5, 5.41) is 10.2. The quantitative estimate of drug-likeness (QED) is 0.817.